The second-order valence-corrected chi connectivity index (χ2v) is 7.28. The summed E-state index contributed by atoms with van der Waals surface area (Å²) in [5.74, 6) is 0.366. The third kappa shape index (κ3) is 2.78. The van der Waals surface area contributed by atoms with E-state index < -0.39 is 0 Å². The van der Waals surface area contributed by atoms with Gasteiger partial charge in [0.25, 0.3) is 5.91 Å². The Balaban J connectivity index is 1.74. The highest BCUT2D eigenvalue weighted by Gasteiger charge is 2.34. The number of hydrogen-bond acceptors (Lipinski definition) is 6. The molecule has 132 valence electrons. The molecule has 1 amide bonds. The van der Waals surface area contributed by atoms with Crippen LogP contribution in [0.2, 0.25) is 0 Å². The first kappa shape index (κ1) is 16.5. The number of nitrogens with one attached hydrogen (secondary N) is 2. The molecule has 0 bridgehead atoms. The van der Waals surface area contributed by atoms with E-state index in [0.717, 1.165) is 27.4 Å². The Labute approximate surface area is 154 Å². The Morgan fingerprint density at radius 1 is 1.27 bits per heavy atom. The van der Waals surface area contributed by atoms with E-state index in [9.17, 15) is 4.79 Å². The summed E-state index contributed by atoms with van der Waals surface area (Å²) >= 11 is 1.57. The highest BCUT2D eigenvalue weighted by Crippen LogP contribution is 2.36. The number of tetrazole rings is 1. The fourth-order valence-electron chi connectivity index (χ4n) is 3.16. The zero-order chi connectivity index (χ0) is 18.3. The van der Waals surface area contributed by atoms with E-state index in [0.29, 0.717) is 11.5 Å². The molecular weight excluding hydrogens is 348 g/mol. The van der Waals surface area contributed by atoms with Gasteiger partial charge in [0.15, 0.2) is 0 Å². The van der Waals surface area contributed by atoms with Gasteiger partial charge in [0.05, 0.1) is 5.57 Å². The van der Waals surface area contributed by atoms with Crippen LogP contribution in [0.5, 0.6) is 0 Å². The summed E-state index contributed by atoms with van der Waals surface area (Å²) in [6.07, 6.45) is 0. The Hall–Kier alpha value is -3.00. The van der Waals surface area contributed by atoms with Gasteiger partial charge >= 0.3 is 0 Å². The van der Waals surface area contributed by atoms with Crippen molar-refractivity contribution in [1.29, 1.82) is 0 Å². The molecule has 0 saturated carbocycles. The number of fused-ring (bicyclic) bond motifs is 1. The molecule has 0 unspecified atom stereocenters. The maximum atomic E-state index is 13.2. The number of carbonyl (C=O) groups excluding carboxylic acids is 1. The van der Waals surface area contributed by atoms with E-state index in [4.69, 9.17) is 0 Å². The van der Waals surface area contributed by atoms with E-state index in [2.05, 4.69) is 26.2 Å². The Morgan fingerprint density at radius 2 is 2.12 bits per heavy atom. The van der Waals surface area contributed by atoms with Crippen molar-refractivity contribution in [2.24, 2.45) is 0 Å². The number of nitrogens with zero attached hydrogens (tertiary/aromatic N) is 4. The van der Waals surface area contributed by atoms with Gasteiger partial charge in [-0.15, -0.1) is 11.3 Å². The first-order chi connectivity index (χ1) is 12.5. The molecule has 1 atom stereocenters. The predicted octanol–water partition coefficient (Wildman–Crippen LogP) is 3.28. The number of anilines is 2. The molecule has 2 aromatic heterocycles. The quantitative estimate of drug-likeness (QED) is 0.743. The second-order valence-electron chi connectivity index (χ2n) is 6.30. The molecule has 2 N–H and O–H groups in total. The molecule has 1 aliphatic rings. The van der Waals surface area contributed by atoms with Crippen LogP contribution in [0.4, 0.5) is 11.6 Å². The maximum absolute atomic E-state index is 13.2. The zero-order valence-electron chi connectivity index (χ0n) is 14.6. The lowest BCUT2D eigenvalue weighted by Gasteiger charge is -2.27. The van der Waals surface area contributed by atoms with Crippen molar-refractivity contribution in [3.8, 4) is 0 Å². The standard InChI is InChI=1S/C18H18N6OS/c1-10-6-7-13(11(2)9-10)20-17(25)15-12(3)19-18-21-22-23-24(18)16(15)14-5-4-8-26-14/h4-9,16H,1-3H3,(H,20,25)(H,19,21,23)/t16-/m1/s1. The van der Waals surface area contributed by atoms with Crippen LogP contribution in [-0.2, 0) is 4.79 Å². The summed E-state index contributed by atoms with van der Waals surface area (Å²) in [5, 5.41) is 20.0. The third-order valence-electron chi connectivity index (χ3n) is 4.40. The molecule has 3 heterocycles. The summed E-state index contributed by atoms with van der Waals surface area (Å²) in [5.41, 5.74) is 4.33. The molecule has 0 radical (unpaired) electrons. The molecule has 7 nitrogen and oxygen atoms in total. The smallest absolute Gasteiger partial charge is 0.255 e. The van der Waals surface area contributed by atoms with Crippen LogP contribution in [0, 0.1) is 13.8 Å². The number of aromatic nitrogens is 4. The molecule has 0 spiro atoms. The third-order valence-corrected chi connectivity index (χ3v) is 5.33. The van der Waals surface area contributed by atoms with Crippen LogP contribution in [0.3, 0.4) is 0 Å². The Morgan fingerprint density at radius 3 is 2.85 bits per heavy atom. The van der Waals surface area contributed by atoms with Crippen LogP contribution in [0.25, 0.3) is 0 Å². The van der Waals surface area contributed by atoms with Crippen LogP contribution < -0.4 is 10.6 Å². The molecule has 3 aromatic rings. The Kier molecular flexibility index (Phi) is 4.04. The van der Waals surface area contributed by atoms with Gasteiger partial charge in [0.2, 0.25) is 5.95 Å². The summed E-state index contributed by atoms with van der Waals surface area (Å²) in [7, 11) is 0. The van der Waals surface area contributed by atoms with E-state index >= 15 is 0 Å². The number of rotatable bonds is 3. The van der Waals surface area contributed by atoms with Crippen molar-refractivity contribution in [2.45, 2.75) is 26.8 Å². The monoisotopic (exact) mass is 366 g/mol. The minimum Gasteiger partial charge on any atom is -0.326 e. The number of allylic oxidation sites excluding steroid dienone is 1. The van der Waals surface area contributed by atoms with Crippen LogP contribution in [0.1, 0.15) is 29.0 Å². The molecule has 1 aromatic carbocycles. The van der Waals surface area contributed by atoms with Crippen molar-refractivity contribution in [2.75, 3.05) is 10.6 Å². The van der Waals surface area contributed by atoms with Crippen molar-refractivity contribution in [3.63, 3.8) is 0 Å². The number of thiophene rings is 1. The number of hydrogen-bond donors (Lipinski definition) is 2. The summed E-state index contributed by atoms with van der Waals surface area (Å²) in [6.45, 7) is 5.89. The van der Waals surface area contributed by atoms with Gasteiger partial charge in [0.1, 0.15) is 6.04 Å². The molecule has 4 rings (SSSR count). The van der Waals surface area contributed by atoms with Crippen LogP contribution in [0.15, 0.2) is 47.0 Å². The SMILES string of the molecule is CC1=C(C(=O)Nc2ccc(C)cc2C)[C@@H](c2cccs2)n2nnnc2N1. The molecule has 0 aliphatic carbocycles. The fraction of sp³-hybridized carbons (Fsp3) is 0.222. The first-order valence-electron chi connectivity index (χ1n) is 8.22. The minimum absolute atomic E-state index is 0.165. The van der Waals surface area contributed by atoms with Gasteiger partial charge in [-0.1, -0.05) is 28.9 Å². The molecule has 26 heavy (non-hydrogen) atoms. The number of benzene rings is 1. The average molecular weight is 366 g/mol. The normalized spacial score (nSPS) is 16.2. The fourth-order valence-corrected chi connectivity index (χ4v) is 3.98. The van der Waals surface area contributed by atoms with Crippen LogP contribution in [-0.4, -0.2) is 26.1 Å². The number of carbonyl (C=O) groups is 1. The summed E-state index contributed by atoms with van der Waals surface area (Å²) in [6, 6.07) is 9.56. The van der Waals surface area contributed by atoms with Gasteiger partial charge in [-0.2, -0.15) is 4.68 Å². The first-order valence-corrected chi connectivity index (χ1v) is 9.10. The zero-order valence-corrected chi connectivity index (χ0v) is 15.5. The van der Waals surface area contributed by atoms with E-state index in [1.807, 2.05) is 56.5 Å². The molecule has 1 aliphatic heterocycles. The number of aryl methyl sites for hydroxylation is 2. The summed E-state index contributed by atoms with van der Waals surface area (Å²) < 4.78 is 1.65. The predicted molar refractivity (Wildman–Crippen MR) is 101 cm³/mol. The van der Waals surface area contributed by atoms with Crippen molar-refractivity contribution in [1.82, 2.24) is 20.2 Å². The van der Waals surface area contributed by atoms with Gasteiger partial charge in [-0.3, -0.25) is 4.79 Å². The van der Waals surface area contributed by atoms with Gasteiger partial charge < -0.3 is 10.6 Å². The lowest BCUT2D eigenvalue weighted by atomic mass is 10.0. The van der Waals surface area contributed by atoms with E-state index in [1.165, 1.54) is 0 Å². The van der Waals surface area contributed by atoms with Crippen molar-refractivity contribution < 1.29 is 4.79 Å². The molecule has 0 fully saturated rings. The Bertz CT molecular complexity index is 1000. The van der Waals surface area contributed by atoms with E-state index in [1.54, 1.807) is 16.0 Å². The van der Waals surface area contributed by atoms with Crippen molar-refractivity contribution >= 4 is 28.9 Å². The van der Waals surface area contributed by atoms with Gasteiger partial charge in [0, 0.05) is 16.3 Å². The highest BCUT2D eigenvalue weighted by atomic mass is 32.1. The van der Waals surface area contributed by atoms with Crippen LogP contribution >= 0.6 is 11.3 Å². The number of amides is 1. The van der Waals surface area contributed by atoms with Gasteiger partial charge in [-0.05, 0) is 54.3 Å². The topological polar surface area (TPSA) is 84.7 Å². The molecule has 0 saturated heterocycles. The lowest BCUT2D eigenvalue weighted by Crippen LogP contribution is -2.31. The lowest BCUT2D eigenvalue weighted by molar-refractivity contribution is -0.113. The maximum Gasteiger partial charge on any atom is 0.255 e. The van der Waals surface area contributed by atoms with Gasteiger partial charge in [-0.25, -0.2) is 0 Å². The largest absolute Gasteiger partial charge is 0.326 e. The second kappa shape index (κ2) is 6.38. The van der Waals surface area contributed by atoms with E-state index in [-0.39, 0.29) is 11.9 Å². The van der Waals surface area contributed by atoms with Crippen molar-refractivity contribution in [3.05, 3.63) is 63.0 Å². The molecular formula is C18H18N6OS. The highest BCUT2D eigenvalue weighted by molar-refractivity contribution is 7.10. The molecule has 8 heteroatoms. The summed E-state index contributed by atoms with van der Waals surface area (Å²) in [4.78, 5) is 14.2. The minimum atomic E-state index is -0.355. The average Bonchev–Trinajstić information content (AvgIpc) is 3.27.